The van der Waals surface area contributed by atoms with Crippen LogP contribution in [0, 0.1) is 5.82 Å². The van der Waals surface area contributed by atoms with Gasteiger partial charge in [-0.2, -0.15) is 0 Å². The van der Waals surface area contributed by atoms with Gasteiger partial charge in [-0.25, -0.2) is 9.37 Å². The molecule has 0 unspecified atom stereocenters. The Bertz CT molecular complexity index is 395. The predicted molar refractivity (Wildman–Crippen MR) is 65.1 cm³/mol. The van der Waals surface area contributed by atoms with Gasteiger partial charge in [0, 0.05) is 13.1 Å². The highest BCUT2D eigenvalue weighted by Gasteiger charge is 2.17. The Kier molecular flexibility index (Phi) is 4.87. The van der Waals surface area contributed by atoms with E-state index in [4.69, 9.17) is 5.73 Å². The van der Waals surface area contributed by atoms with Crippen molar-refractivity contribution in [3.05, 3.63) is 23.6 Å². The summed E-state index contributed by atoms with van der Waals surface area (Å²) in [5.41, 5.74) is 5.73. The second-order valence-corrected chi connectivity index (χ2v) is 3.82. The largest absolute Gasteiger partial charge is 0.383 e. The summed E-state index contributed by atoms with van der Waals surface area (Å²) in [5.74, 6) is -0.731. The Hall–Kier alpha value is -1.65. The minimum Gasteiger partial charge on any atom is -0.383 e. The lowest BCUT2D eigenvalue weighted by Crippen LogP contribution is -2.32. The van der Waals surface area contributed by atoms with Crippen molar-refractivity contribution in [2.45, 2.75) is 26.7 Å². The molecular weight excluding hydrogens is 221 g/mol. The number of halogens is 1. The summed E-state index contributed by atoms with van der Waals surface area (Å²) in [4.78, 5) is 17.4. The minimum absolute atomic E-state index is 0.0753. The quantitative estimate of drug-likeness (QED) is 0.855. The standard InChI is InChI=1S/C12H18FN3O/c1-3-5-6-16(4-2)12(17)10-7-9(13)8-15-11(10)14/h7-8H,3-6H2,1-2H3,(H2,14,15). The first kappa shape index (κ1) is 13.4. The van der Waals surface area contributed by atoms with E-state index in [1.807, 2.05) is 6.92 Å². The number of hydrogen-bond acceptors (Lipinski definition) is 3. The van der Waals surface area contributed by atoms with Gasteiger partial charge in [-0.1, -0.05) is 13.3 Å². The maximum Gasteiger partial charge on any atom is 0.257 e. The third kappa shape index (κ3) is 3.41. The van der Waals surface area contributed by atoms with Crippen molar-refractivity contribution >= 4 is 11.7 Å². The van der Waals surface area contributed by atoms with Crippen LogP contribution in [0.4, 0.5) is 10.2 Å². The topological polar surface area (TPSA) is 59.2 Å². The van der Waals surface area contributed by atoms with E-state index in [0.29, 0.717) is 13.1 Å². The van der Waals surface area contributed by atoms with Crippen LogP contribution in [-0.4, -0.2) is 28.9 Å². The van der Waals surface area contributed by atoms with E-state index >= 15 is 0 Å². The first-order valence-corrected chi connectivity index (χ1v) is 5.80. The van der Waals surface area contributed by atoms with E-state index in [1.165, 1.54) is 0 Å². The molecule has 0 aliphatic rings. The summed E-state index contributed by atoms with van der Waals surface area (Å²) in [6.07, 6.45) is 2.93. The fourth-order valence-corrected chi connectivity index (χ4v) is 1.54. The molecule has 1 aromatic heterocycles. The first-order chi connectivity index (χ1) is 8.10. The molecule has 0 atom stereocenters. The van der Waals surface area contributed by atoms with Crippen LogP contribution in [0.5, 0.6) is 0 Å². The first-order valence-electron chi connectivity index (χ1n) is 5.80. The molecule has 0 aliphatic heterocycles. The van der Waals surface area contributed by atoms with E-state index < -0.39 is 5.82 Å². The number of amides is 1. The highest BCUT2D eigenvalue weighted by molar-refractivity contribution is 5.98. The molecule has 0 saturated heterocycles. The maximum absolute atomic E-state index is 13.0. The second kappa shape index (κ2) is 6.18. The molecule has 4 nitrogen and oxygen atoms in total. The number of unbranched alkanes of at least 4 members (excludes halogenated alkanes) is 1. The molecule has 0 saturated carbocycles. The SMILES string of the molecule is CCCCN(CC)C(=O)c1cc(F)cnc1N. The summed E-state index contributed by atoms with van der Waals surface area (Å²) < 4.78 is 13.0. The number of nitrogens with zero attached hydrogens (tertiary/aromatic N) is 2. The number of rotatable bonds is 5. The molecule has 0 aromatic carbocycles. The Morgan fingerprint density at radius 1 is 1.53 bits per heavy atom. The zero-order valence-electron chi connectivity index (χ0n) is 10.2. The average Bonchev–Trinajstić information content (AvgIpc) is 2.33. The van der Waals surface area contributed by atoms with Gasteiger partial charge >= 0.3 is 0 Å². The van der Waals surface area contributed by atoms with Crippen molar-refractivity contribution in [3.8, 4) is 0 Å². The van der Waals surface area contributed by atoms with Crippen molar-refractivity contribution in [2.75, 3.05) is 18.8 Å². The number of carbonyl (C=O) groups is 1. The number of hydrogen-bond donors (Lipinski definition) is 1. The van der Waals surface area contributed by atoms with Crippen molar-refractivity contribution in [3.63, 3.8) is 0 Å². The van der Waals surface area contributed by atoms with E-state index in [-0.39, 0.29) is 17.3 Å². The summed E-state index contributed by atoms with van der Waals surface area (Å²) >= 11 is 0. The molecule has 1 aromatic rings. The van der Waals surface area contributed by atoms with Crippen LogP contribution in [0.3, 0.4) is 0 Å². The van der Waals surface area contributed by atoms with Crippen LogP contribution in [0.15, 0.2) is 12.3 Å². The van der Waals surface area contributed by atoms with Crippen molar-refractivity contribution < 1.29 is 9.18 Å². The highest BCUT2D eigenvalue weighted by Crippen LogP contribution is 2.13. The molecule has 0 spiro atoms. The zero-order valence-corrected chi connectivity index (χ0v) is 10.2. The molecule has 1 heterocycles. The Morgan fingerprint density at radius 3 is 2.82 bits per heavy atom. The van der Waals surface area contributed by atoms with Crippen molar-refractivity contribution in [1.29, 1.82) is 0 Å². The molecule has 1 amide bonds. The maximum atomic E-state index is 13.0. The van der Waals surface area contributed by atoms with Crippen molar-refractivity contribution in [2.24, 2.45) is 0 Å². The van der Waals surface area contributed by atoms with Crippen LogP contribution in [0.1, 0.15) is 37.0 Å². The lowest BCUT2D eigenvalue weighted by Gasteiger charge is -2.21. The molecule has 5 heteroatoms. The van der Waals surface area contributed by atoms with Gasteiger partial charge in [0.25, 0.3) is 5.91 Å². The van der Waals surface area contributed by atoms with Gasteiger partial charge in [0.1, 0.15) is 11.6 Å². The lowest BCUT2D eigenvalue weighted by atomic mass is 10.2. The van der Waals surface area contributed by atoms with E-state index in [9.17, 15) is 9.18 Å². The van der Waals surface area contributed by atoms with Gasteiger partial charge in [-0.3, -0.25) is 4.79 Å². The number of aromatic nitrogens is 1. The van der Waals surface area contributed by atoms with Crippen LogP contribution < -0.4 is 5.73 Å². The van der Waals surface area contributed by atoms with Gasteiger partial charge in [0.15, 0.2) is 0 Å². The third-order valence-electron chi connectivity index (χ3n) is 2.57. The van der Waals surface area contributed by atoms with E-state index in [2.05, 4.69) is 11.9 Å². The normalized spacial score (nSPS) is 10.3. The molecule has 0 aliphatic carbocycles. The summed E-state index contributed by atoms with van der Waals surface area (Å²) in [6.45, 7) is 5.17. The Morgan fingerprint density at radius 2 is 2.24 bits per heavy atom. The molecule has 0 bridgehead atoms. The fourth-order valence-electron chi connectivity index (χ4n) is 1.54. The molecule has 94 valence electrons. The van der Waals surface area contributed by atoms with Gasteiger partial charge in [-0.15, -0.1) is 0 Å². The van der Waals surface area contributed by atoms with Crippen LogP contribution in [0.2, 0.25) is 0 Å². The molecule has 0 fully saturated rings. The molecule has 2 N–H and O–H groups in total. The van der Waals surface area contributed by atoms with Gasteiger partial charge in [-0.05, 0) is 19.4 Å². The highest BCUT2D eigenvalue weighted by atomic mass is 19.1. The number of anilines is 1. The van der Waals surface area contributed by atoms with Gasteiger partial charge in [0.05, 0.1) is 11.8 Å². The number of nitrogens with two attached hydrogens (primary N) is 1. The number of nitrogen functional groups attached to an aromatic ring is 1. The Labute approximate surface area is 101 Å². The fraction of sp³-hybridized carbons (Fsp3) is 0.500. The summed E-state index contributed by atoms with van der Waals surface area (Å²) in [6, 6.07) is 1.14. The van der Waals surface area contributed by atoms with Gasteiger partial charge < -0.3 is 10.6 Å². The van der Waals surface area contributed by atoms with Crippen LogP contribution in [0.25, 0.3) is 0 Å². The molecular formula is C12H18FN3O. The molecule has 1 rings (SSSR count). The summed E-state index contributed by atoms with van der Waals surface area (Å²) in [7, 11) is 0. The van der Waals surface area contributed by atoms with Gasteiger partial charge in [0.2, 0.25) is 0 Å². The van der Waals surface area contributed by atoms with E-state index in [0.717, 1.165) is 25.1 Å². The smallest absolute Gasteiger partial charge is 0.257 e. The molecule has 17 heavy (non-hydrogen) atoms. The van der Waals surface area contributed by atoms with Crippen molar-refractivity contribution in [1.82, 2.24) is 9.88 Å². The number of carbonyl (C=O) groups excluding carboxylic acids is 1. The third-order valence-corrected chi connectivity index (χ3v) is 2.57. The summed E-state index contributed by atoms with van der Waals surface area (Å²) in [5, 5.41) is 0. The van der Waals surface area contributed by atoms with E-state index in [1.54, 1.807) is 4.90 Å². The zero-order chi connectivity index (χ0) is 12.8. The minimum atomic E-state index is -0.547. The van der Waals surface area contributed by atoms with Crippen LogP contribution in [-0.2, 0) is 0 Å². The molecule has 0 radical (unpaired) electrons. The second-order valence-electron chi connectivity index (χ2n) is 3.82. The van der Waals surface area contributed by atoms with Crippen LogP contribution >= 0.6 is 0 Å². The number of pyridine rings is 1. The monoisotopic (exact) mass is 239 g/mol. The Balaban J connectivity index is 2.89. The average molecular weight is 239 g/mol. The predicted octanol–water partition coefficient (Wildman–Crippen LogP) is 2.07. The lowest BCUT2D eigenvalue weighted by molar-refractivity contribution is 0.0762.